The van der Waals surface area contributed by atoms with Gasteiger partial charge in [0.1, 0.15) is 12.1 Å². The molecule has 7 rings (SSSR count). The van der Waals surface area contributed by atoms with Crippen molar-refractivity contribution in [3.63, 3.8) is 0 Å². The molecule has 19 heteroatoms. The molecule has 4 heterocycles. The van der Waals surface area contributed by atoms with Gasteiger partial charge in [-0.05, 0) is 82.4 Å². The summed E-state index contributed by atoms with van der Waals surface area (Å²) in [6, 6.07) is 21.3. The lowest BCUT2D eigenvalue weighted by atomic mass is 9.85. The Morgan fingerprint density at radius 1 is 0.905 bits per heavy atom. The number of ether oxygens (including phenoxy) is 1. The second kappa shape index (κ2) is 23.6. The summed E-state index contributed by atoms with van der Waals surface area (Å²) < 4.78 is 5.71. The number of aryl methyl sites for hydroxylation is 1. The molecule has 2 aliphatic heterocycles. The number of nitrogens with zero attached hydrogens (tertiary/aromatic N) is 5. The Morgan fingerprint density at radius 2 is 1.59 bits per heavy atom. The second-order valence-electron chi connectivity index (χ2n) is 21.0. The van der Waals surface area contributed by atoms with Crippen LogP contribution in [0.1, 0.15) is 128 Å². The zero-order valence-electron chi connectivity index (χ0n) is 43.8. The number of nitrogens with one attached hydrogen (secondary N) is 5. The molecule has 2 aliphatic rings. The average molecular weight is 1030 g/mol. The number of thiazole rings is 1. The highest BCUT2D eigenvalue weighted by Gasteiger charge is 2.46. The number of fused-ring (bicyclic) bond motifs is 1. The number of ketones is 1. The largest absolute Gasteiger partial charge is 0.391 e. The molecule has 5 atom stereocenters. The summed E-state index contributed by atoms with van der Waals surface area (Å²) in [5, 5.41) is 30.0. The lowest BCUT2D eigenvalue weighted by Gasteiger charge is -2.35. The Labute approximate surface area is 437 Å². The summed E-state index contributed by atoms with van der Waals surface area (Å²) >= 11 is 1.56. The van der Waals surface area contributed by atoms with Crippen molar-refractivity contribution in [3.05, 3.63) is 124 Å². The minimum absolute atomic E-state index is 0.0403. The van der Waals surface area contributed by atoms with Crippen LogP contribution in [0.25, 0.3) is 10.4 Å². The zero-order chi connectivity index (χ0) is 53.5. The van der Waals surface area contributed by atoms with E-state index in [1.54, 1.807) is 40.5 Å². The Bertz CT molecular complexity index is 2790. The fourth-order valence-electron chi connectivity index (χ4n) is 9.44. The Kier molecular flexibility index (Phi) is 17.5. The van der Waals surface area contributed by atoms with Crippen LogP contribution in [0, 0.1) is 12.3 Å². The number of amides is 6. The van der Waals surface area contributed by atoms with Gasteiger partial charge in [-0.3, -0.25) is 29.1 Å². The lowest BCUT2D eigenvalue weighted by molar-refractivity contribution is -0.144. The third-order valence-corrected chi connectivity index (χ3v) is 14.7. The number of aliphatic hydroxyl groups is 1. The predicted molar refractivity (Wildman–Crippen MR) is 283 cm³/mol. The van der Waals surface area contributed by atoms with E-state index >= 15 is 0 Å². The van der Waals surface area contributed by atoms with E-state index in [1.807, 2.05) is 128 Å². The van der Waals surface area contributed by atoms with Crippen LogP contribution in [0.3, 0.4) is 0 Å². The molecule has 0 unspecified atom stereocenters. The van der Waals surface area contributed by atoms with Crippen LogP contribution in [0.15, 0.2) is 84.4 Å². The number of Topliss-reactive ketones (excluding diaryl/α,β-unsaturated/α-hetero) is 1. The number of carbonyl (C=O) groups excluding carboxylic acids is 6. The van der Waals surface area contributed by atoms with Gasteiger partial charge in [0.2, 0.25) is 17.7 Å². The first-order valence-corrected chi connectivity index (χ1v) is 26.0. The Hall–Kier alpha value is -6.80. The summed E-state index contributed by atoms with van der Waals surface area (Å²) in [6.45, 7) is 14.2. The third-order valence-electron chi connectivity index (χ3n) is 13.7. The maximum Gasteiger partial charge on any atom is 0.319 e. The maximum absolute atomic E-state index is 14.1. The van der Waals surface area contributed by atoms with E-state index in [0.717, 1.165) is 33.0 Å². The summed E-state index contributed by atoms with van der Waals surface area (Å²) in [4.78, 5) is 91.8. The Morgan fingerprint density at radius 3 is 2.24 bits per heavy atom. The summed E-state index contributed by atoms with van der Waals surface area (Å²) in [7, 11) is 3.92. The Balaban J connectivity index is 0.837. The van der Waals surface area contributed by atoms with Crippen LogP contribution in [0.2, 0.25) is 0 Å². The van der Waals surface area contributed by atoms with Crippen LogP contribution in [0.5, 0.6) is 0 Å². The number of aromatic amines is 1. The van der Waals surface area contributed by atoms with Gasteiger partial charge >= 0.3 is 6.03 Å². The number of likely N-dealkylation sites (tertiary alicyclic amines) is 1. The number of benzene rings is 3. The lowest BCUT2D eigenvalue weighted by Crippen LogP contribution is -2.58. The molecule has 394 valence electrons. The minimum atomic E-state index is -0.984. The van der Waals surface area contributed by atoms with Gasteiger partial charge in [0.15, 0.2) is 11.6 Å². The molecule has 0 saturated carbocycles. The van der Waals surface area contributed by atoms with Crippen molar-refractivity contribution in [2.45, 2.75) is 117 Å². The molecule has 3 aromatic carbocycles. The van der Waals surface area contributed by atoms with E-state index in [2.05, 4.69) is 36.4 Å². The number of aromatic nitrogens is 3. The van der Waals surface area contributed by atoms with Gasteiger partial charge in [0.05, 0.1) is 58.7 Å². The van der Waals surface area contributed by atoms with Crippen molar-refractivity contribution in [3.8, 4) is 10.4 Å². The van der Waals surface area contributed by atoms with Crippen molar-refractivity contribution in [1.29, 1.82) is 0 Å². The maximum atomic E-state index is 14.1. The van der Waals surface area contributed by atoms with Crippen molar-refractivity contribution >= 4 is 52.6 Å². The third kappa shape index (κ3) is 13.1. The number of H-pyrrole nitrogens is 1. The molecule has 0 aliphatic carbocycles. The van der Waals surface area contributed by atoms with Crippen LogP contribution in [-0.4, -0.2) is 129 Å². The molecule has 2 aromatic heterocycles. The molecule has 5 aromatic rings. The molecule has 1 fully saturated rings. The first-order chi connectivity index (χ1) is 35.1. The van der Waals surface area contributed by atoms with Crippen molar-refractivity contribution < 1.29 is 38.6 Å². The summed E-state index contributed by atoms with van der Waals surface area (Å²) in [6.07, 6.45) is -0.305. The number of hydrogen-bond acceptors (Lipinski definition) is 12. The van der Waals surface area contributed by atoms with Gasteiger partial charge in [0, 0.05) is 55.6 Å². The molecule has 0 radical (unpaired) electrons. The number of likely N-dealkylation sites (N-methyl/N-ethyl adjacent to an activating group) is 1. The number of carbonyl (C=O) groups is 6. The molecule has 6 N–H and O–H groups in total. The van der Waals surface area contributed by atoms with E-state index in [0.29, 0.717) is 35.5 Å². The SMILES string of the molecule is Cc1ncsc1-c1ccc([C@H](C)NC(=O)[C@@H]2C[C@@H](O)CN2C(=O)[C@@H](NC(=O)CCOCCCC(=O)c2ccc(C(=O)Nc3n[nH]c4c3CN(C(=O)N[C@H](CN(C)C)c3ccccc3)C4(C)C)cc2)C(C)(C)C)cc1. The molecule has 74 heavy (non-hydrogen) atoms. The molecule has 0 spiro atoms. The monoisotopic (exact) mass is 1030 g/mol. The highest BCUT2D eigenvalue weighted by Crippen LogP contribution is 2.41. The smallest absolute Gasteiger partial charge is 0.319 e. The number of hydrogen-bond donors (Lipinski definition) is 6. The molecular weight excluding hydrogens is 961 g/mol. The zero-order valence-corrected chi connectivity index (χ0v) is 44.6. The molecule has 1 saturated heterocycles. The van der Waals surface area contributed by atoms with Crippen LogP contribution >= 0.6 is 11.3 Å². The van der Waals surface area contributed by atoms with Gasteiger partial charge in [-0.2, -0.15) is 5.10 Å². The number of aliphatic hydroxyl groups excluding tert-OH is 1. The number of urea groups is 1. The number of rotatable bonds is 20. The van der Waals surface area contributed by atoms with Crippen molar-refractivity contribution in [1.82, 2.24) is 45.8 Å². The number of anilines is 1. The quantitative estimate of drug-likeness (QED) is 0.0347. The minimum Gasteiger partial charge on any atom is -0.391 e. The fourth-order valence-corrected chi connectivity index (χ4v) is 10.3. The number of β-amino-alcohol motifs (C(OH)–C–C–N with tert-alkyl or cyclic N) is 1. The van der Waals surface area contributed by atoms with Gasteiger partial charge < -0.3 is 45.8 Å². The standard InChI is InChI=1S/C55H70N10O8S/c1-33(35-17-21-38(22-18-35)46-34(2)56-32-74-46)57-51(70)43-28-40(66)29-64(43)52(71)48(54(3,4)5)59-45(68)25-27-73-26-13-16-44(67)37-19-23-39(24-20-37)50(69)60-49-41-30-65(55(6,7)47(41)61-62-49)53(72)58-42(31-63(8)9)36-14-11-10-12-15-36/h10-12,14-15,17-24,32-33,40,42-43,48,66H,13,16,25-31H2,1-9H3,(H,57,70)(H,58,72)(H,59,68)(H2,60,61,62,69)/t33-,40+,42+,43-,48+/m0/s1. The van der Waals surface area contributed by atoms with E-state index in [4.69, 9.17) is 4.74 Å². The van der Waals surface area contributed by atoms with Gasteiger partial charge in [-0.25, -0.2) is 9.78 Å². The highest BCUT2D eigenvalue weighted by atomic mass is 32.1. The van der Waals surface area contributed by atoms with E-state index in [-0.39, 0.29) is 75.4 Å². The van der Waals surface area contributed by atoms with Crippen molar-refractivity contribution in [2.75, 3.05) is 45.7 Å². The molecule has 18 nitrogen and oxygen atoms in total. The normalized spacial score (nSPS) is 17.3. The van der Waals surface area contributed by atoms with Gasteiger partial charge in [-0.15, -0.1) is 11.3 Å². The topological polar surface area (TPSA) is 231 Å². The summed E-state index contributed by atoms with van der Waals surface area (Å²) in [5.41, 5.74) is 6.40. The van der Waals surface area contributed by atoms with E-state index in [9.17, 15) is 33.9 Å². The molecular formula is C55H70N10O8S. The highest BCUT2D eigenvalue weighted by molar-refractivity contribution is 7.13. The molecule has 6 amide bonds. The van der Waals surface area contributed by atoms with Crippen LogP contribution in [-0.2, 0) is 31.2 Å². The predicted octanol–water partition coefficient (Wildman–Crippen LogP) is 6.90. The molecule has 0 bridgehead atoms. The first-order valence-electron chi connectivity index (χ1n) is 25.1. The van der Waals surface area contributed by atoms with Gasteiger partial charge in [0.25, 0.3) is 5.91 Å². The average Bonchev–Trinajstić information content (AvgIpc) is 4.15. The van der Waals surface area contributed by atoms with Crippen molar-refractivity contribution in [2.24, 2.45) is 5.41 Å². The summed E-state index contributed by atoms with van der Waals surface area (Å²) in [5.74, 6) is -1.49. The van der Waals surface area contributed by atoms with Crippen LogP contribution in [0.4, 0.5) is 10.6 Å². The van der Waals surface area contributed by atoms with Crippen LogP contribution < -0.4 is 21.3 Å². The van der Waals surface area contributed by atoms with Gasteiger partial charge in [-0.1, -0.05) is 87.5 Å². The van der Waals surface area contributed by atoms with E-state index in [1.165, 1.54) is 4.90 Å². The second-order valence-corrected chi connectivity index (χ2v) is 21.9. The van der Waals surface area contributed by atoms with E-state index < -0.39 is 46.9 Å². The first kappa shape index (κ1) is 55.0. The fraction of sp³-hybridized carbons (Fsp3) is 0.455.